The summed E-state index contributed by atoms with van der Waals surface area (Å²) in [6.45, 7) is 1.24. The minimum Gasteiger partial charge on any atom is -0.289 e. The molecule has 2 heteroatoms. The van der Waals surface area contributed by atoms with Crippen LogP contribution in [0.15, 0.2) is 54.6 Å². The second-order valence-electron chi connectivity index (χ2n) is 4.35. The van der Waals surface area contributed by atoms with E-state index in [9.17, 15) is 0 Å². The first-order chi connectivity index (χ1) is 8.81. The number of nitriles is 1. The van der Waals surface area contributed by atoms with Gasteiger partial charge in [0, 0.05) is 6.54 Å². The molecular weight excluding hydrogens is 220 g/mol. The molecule has 0 saturated heterocycles. The van der Waals surface area contributed by atoms with Crippen molar-refractivity contribution in [1.29, 1.82) is 5.26 Å². The average Bonchev–Trinajstić information content (AvgIpc) is 2.40. The lowest BCUT2D eigenvalue weighted by Crippen LogP contribution is -2.18. The summed E-state index contributed by atoms with van der Waals surface area (Å²) in [5, 5.41) is 8.71. The molecule has 2 aromatic rings. The molecule has 0 fully saturated rings. The maximum absolute atomic E-state index is 8.71. The fraction of sp³-hybridized carbons (Fsp3) is 0.188. The van der Waals surface area contributed by atoms with Crippen LogP contribution in [0.5, 0.6) is 0 Å². The molecule has 0 N–H and O–H groups in total. The Hall–Kier alpha value is -2.11. The van der Waals surface area contributed by atoms with E-state index in [-0.39, 0.29) is 0 Å². The van der Waals surface area contributed by atoms with Crippen molar-refractivity contribution in [3.63, 3.8) is 0 Å². The standard InChI is InChI=1S/C16H16N2/c1-18(12-11-17)13-15-9-5-6-10-16(15)14-7-3-2-4-8-14/h2-10H,12-13H2,1H3. The average molecular weight is 236 g/mol. The summed E-state index contributed by atoms with van der Waals surface area (Å²) in [4.78, 5) is 2.02. The van der Waals surface area contributed by atoms with Gasteiger partial charge in [0.1, 0.15) is 0 Å². The third-order valence-electron chi connectivity index (χ3n) is 2.88. The zero-order valence-electron chi connectivity index (χ0n) is 10.5. The highest BCUT2D eigenvalue weighted by Crippen LogP contribution is 2.24. The molecule has 0 spiro atoms. The molecule has 90 valence electrons. The van der Waals surface area contributed by atoms with E-state index in [0.717, 1.165) is 6.54 Å². The SMILES string of the molecule is CN(CC#N)Cc1ccccc1-c1ccccc1. The van der Waals surface area contributed by atoms with Crippen LogP contribution in [0.1, 0.15) is 5.56 Å². The highest BCUT2D eigenvalue weighted by Gasteiger charge is 2.06. The smallest absolute Gasteiger partial charge is 0.0866 e. The Bertz CT molecular complexity index is 541. The molecule has 0 saturated carbocycles. The van der Waals surface area contributed by atoms with E-state index in [1.54, 1.807) is 0 Å². The molecule has 0 bridgehead atoms. The second-order valence-corrected chi connectivity index (χ2v) is 4.35. The third kappa shape index (κ3) is 2.97. The van der Waals surface area contributed by atoms with Gasteiger partial charge < -0.3 is 0 Å². The molecule has 0 aromatic heterocycles. The van der Waals surface area contributed by atoms with Crippen LogP contribution in [0.4, 0.5) is 0 Å². The third-order valence-corrected chi connectivity index (χ3v) is 2.88. The van der Waals surface area contributed by atoms with Crippen LogP contribution in [-0.2, 0) is 6.54 Å². The second kappa shape index (κ2) is 6.00. The zero-order valence-corrected chi connectivity index (χ0v) is 10.5. The molecule has 2 aromatic carbocycles. The van der Waals surface area contributed by atoms with Crippen LogP contribution in [0.25, 0.3) is 11.1 Å². The maximum Gasteiger partial charge on any atom is 0.0866 e. The zero-order chi connectivity index (χ0) is 12.8. The van der Waals surface area contributed by atoms with Crippen molar-refractivity contribution in [1.82, 2.24) is 4.90 Å². The van der Waals surface area contributed by atoms with Gasteiger partial charge in [-0.1, -0.05) is 54.6 Å². The Labute approximate surface area is 108 Å². The first-order valence-corrected chi connectivity index (χ1v) is 6.00. The van der Waals surface area contributed by atoms with Crippen molar-refractivity contribution in [3.8, 4) is 17.2 Å². The molecule has 0 unspecified atom stereocenters. The van der Waals surface area contributed by atoms with Crippen LogP contribution >= 0.6 is 0 Å². The monoisotopic (exact) mass is 236 g/mol. The molecule has 2 rings (SSSR count). The van der Waals surface area contributed by atoms with Gasteiger partial charge in [0.25, 0.3) is 0 Å². The first kappa shape index (κ1) is 12.3. The Morgan fingerprint density at radius 2 is 1.67 bits per heavy atom. The van der Waals surface area contributed by atoms with E-state index < -0.39 is 0 Å². The molecule has 0 amide bonds. The summed E-state index contributed by atoms with van der Waals surface area (Å²) in [5.41, 5.74) is 3.71. The van der Waals surface area contributed by atoms with E-state index in [0.29, 0.717) is 6.54 Å². The number of benzene rings is 2. The summed E-state index contributed by atoms with van der Waals surface area (Å²) in [5.74, 6) is 0. The molecule has 0 aliphatic carbocycles. The van der Waals surface area contributed by atoms with Crippen molar-refractivity contribution in [2.24, 2.45) is 0 Å². The van der Waals surface area contributed by atoms with Gasteiger partial charge in [0.2, 0.25) is 0 Å². The molecule has 0 atom stereocenters. The fourth-order valence-corrected chi connectivity index (χ4v) is 2.02. The fourth-order valence-electron chi connectivity index (χ4n) is 2.02. The van der Waals surface area contributed by atoms with Gasteiger partial charge in [-0.15, -0.1) is 0 Å². The topological polar surface area (TPSA) is 27.0 Å². The Kier molecular flexibility index (Phi) is 4.11. The van der Waals surface area contributed by atoms with E-state index in [4.69, 9.17) is 5.26 Å². The highest BCUT2D eigenvalue weighted by atomic mass is 15.1. The summed E-state index contributed by atoms with van der Waals surface area (Å²) in [6.07, 6.45) is 0. The van der Waals surface area contributed by atoms with E-state index >= 15 is 0 Å². The summed E-state index contributed by atoms with van der Waals surface area (Å²) in [6, 6.07) is 20.9. The van der Waals surface area contributed by atoms with E-state index in [1.807, 2.05) is 36.2 Å². The number of nitrogens with zero attached hydrogens (tertiary/aromatic N) is 2. The lowest BCUT2D eigenvalue weighted by Gasteiger charge is -2.16. The van der Waals surface area contributed by atoms with Crippen molar-refractivity contribution in [2.45, 2.75) is 6.54 Å². The number of hydrogen-bond donors (Lipinski definition) is 0. The van der Waals surface area contributed by atoms with Crippen molar-refractivity contribution in [3.05, 3.63) is 60.2 Å². The highest BCUT2D eigenvalue weighted by molar-refractivity contribution is 5.67. The van der Waals surface area contributed by atoms with Crippen molar-refractivity contribution < 1.29 is 0 Å². The number of hydrogen-bond acceptors (Lipinski definition) is 2. The van der Waals surface area contributed by atoms with Crippen LogP contribution < -0.4 is 0 Å². The van der Waals surface area contributed by atoms with Crippen LogP contribution in [0, 0.1) is 11.3 Å². The molecule has 18 heavy (non-hydrogen) atoms. The van der Waals surface area contributed by atoms with Gasteiger partial charge in [-0.25, -0.2) is 0 Å². The van der Waals surface area contributed by atoms with Gasteiger partial charge >= 0.3 is 0 Å². The van der Waals surface area contributed by atoms with Gasteiger partial charge in [0.05, 0.1) is 12.6 Å². The summed E-state index contributed by atoms with van der Waals surface area (Å²) >= 11 is 0. The Balaban J connectivity index is 2.30. The molecule has 2 nitrogen and oxygen atoms in total. The Morgan fingerprint density at radius 3 is 2.39 bits per heavy atom. The van der Waals surface area contributed by atoms with Crippen LogP contribution in [0.3, 0.4) is 0 Å². The summed E-state index contributed by atoms with van der Waals surface area (Å²) < 4.78 is 0. The van der Waals surface area contributed by atoms with Crippen molar-refractivity contribution >= 4 is 0 Å². The maximum atomic E-state index is 8.71. The van der Waals surface area contributed by atoms with E-state index in [2.05, 4.69) is 36.4 Å². The number of rotatable bonds is 4. The van der Waals surface area contributed by atoms with Gasteiger partial charge in [-0.05, 0) is 23.7 Å². The first-order valence-electron chi connectivity index (χ1n) is 6.00. The molecular formula is C16H16N2. The van der Waals surface area contributed by atoms with E-state index in [1.165, 1.54) is 16.7 Å². The largest absolute Gasteiger partial charge is 0.289 e. The predicted octanol–water partition coefficient (Wildman–Crippen LogP) is 3.31. The van der Waals surface area contributed by atoms with Crippen LogP contribution in [-0.4, -0.2) is 18.5 Å². The van der Waals surface area contributed by atoms with Gasteiger partial charge in [-0.3, -0.25) is 4.90 Å². The molecule has 0 aliphatic rings. The minimum atomic E-state index is 0.448. The minimum absolute atomic E-state index is 0.448. The van der Waals surface area contributed by atoms with Crippen molar-refractivity contribution in [2.75, 3.05) is 13.6 Å². The predicted molar refractivity (Wildman–Crippen MR) is 73.8 cm³/mol. The Morgan fingerprint density at radius 1 is 1.00 bits per heavy atom. The molecule has 0 heterocycles. The van der Waals surface area contributed by atoms with Gasteiger partial charge in [0.15, 0.2) is 0 Å². The quantitative estimate of drug-likeness (QED) is 0.761. The summed E-state index contributed by atoms with van der Waals surface area (Å²) in [7, 11) is 1.96. The molecule has 0 aliphatic heterocycles. The lowest BCUT2D eigenvalue weighted by molar-refractivity contribution is 0.368. The normalized spacial score (nSPS) is 10.3. The van der Waals surface area contributed by atoms with Gasteiger partial charge in [-0.2, -0.15) is 5.26 Å². The molecule has 0 radical (unpaired) electrons. The van der Waals surface area contributed by atoms with Crippen LogP contribution in [0.2, 0.25) is 0 Å². The lowest BCUT2D eigenvalue weighted by atomic mass is 9.99.